The van der Waals surface area contributed by atoms with Gasteiger partial charge in [-0.1, -0.05) is 12.1 Å². The molecule has 98 valence electrons. The van der Waals surface area contributed by atoms with Gasteiger partial charge in [0.05, 0.1) is 17.1 Å². The number of rotatable bonds is 1. The first kappa shape index (κ1) is 11.4. The fourth-order valence-electron chi connectivity index (χ4n) is 2.50. The Labute approximate surface area is 118 Å². The molecule has 4 rings (SSSR count). The van der Waals surface area contributed by atoms with Crippen molar-refractivity contribution < 1.29 is 9.59 Å². The third-order valence-corrected chi connectivity index (χ3v) is 4.08. The molecule has 1 unspecified atom stereocenters. The van der Waals surface area contributed by atoms with Gasteiger partial charge in [-0.15, -0.1) is 0 Å². The highest BCUT2D eigenvalue weighted by Crippen LogP contribution is 2.38. The van der Waals surface area contributed by atoms with Crippen molar-refractivity contribution in [1.82, 2.24) is 0 Å². The Morgan fingerprint density at radius 1 is 1.15 bits per heavy atom. The van der Waals surface area contributed by atoms with Gasteiger partial charge in [0.2, 0.25) is 0 Å². The SMILES string of the molecule is O=C1C2C=Nc3ccccc3N2C(=O)N1c1ccsc1. The Hall–Kier alpha value is -2.47. The monoisotopic (exact) mass is 283 g/mol. The van der Waals surface area contributed by atoms with Gasteiger partial charge in [-0.3, -0.25) is 14.7 Å². The summed E-state index contributed by atoms with van der Waals surface area (Å²) in [6.07, 6.45) is 1.54. The van der Waals surface area contributed by atoms with E-state index in [2.05, 4.69) is 4.99 Å². The molecule has 0 N–H and O–H groups in total. The minimum absolute atomic E-state index is 0.258. The maximum atomic E-state index is 12.6. The maximum Gasteiger partial charge on any atom is 0.337 e. The van der Waals surface area contributed by atoms with Crippen molar-refractivity contribution in [2.24, 2.45) is 4.99 Å². The number of fused-ring (bicyclic) bond motifs is 3. The summed E-state index contributed by atoms with van der Waals surface area (Å²) in [5.41, 5.74) is 2.00. The smallest absolute Gasteiger partial charge is 0.274 e. The van der Waals surface area contributed by atoms with E-state index in [1.54, 1.807) is 17.5 Å². The number of carbonyl (C=O) groups excluding carboxylic acids is 2. The number of urea groups is 1. The molecule has 2 aromatic rings. The zero-order valence-electron chi connectivity index (χ0n) is 10.3. The number of carbonyl (C=O) groups is 2. The van der Waals surface area contributed by atoms with Gasteiger partial charge >= 0.3 is 6.03 Å². The summed E-state index contributed by atoms with van der Waals surface area (Å²) in [4.78, 5) is 32.0. The molecule has 1 aromatic carbocycles. The zero-order chi connectivity index (χ0) is 13.7. The fourth-order valence-corrected chi connectivity index (χ4v) is 3.12. The third-order valence-electron chi connectivity index (χ3n) is 3.41. The molecule has 0 bridgehead atoms. The highest BCUT2D eigenvalue weighted by Gasteiger charge is 2.47. The number of aliphatic imine (C=N–C) groups is 1. The molecule has 2 aliphatic rings. The molecule has 5 nitrogen and oxygen atoms in total. The van der Waals surface area contributed by atoms with Crippen LogP contribution in [0.25, 0.3) is 0 Å². The number of imide groups is 1. The van der Waals surface area contributed by atoms with Gasteiger partial charge < -0.3 is 0 Å². The van der Waals surface area contributed by atoms with E-state index in [1.165, 1.54) is 27.4 Å². The summed E-state index contributed by atoms with van der Waals surface area (Å²) in [7, 11) is 0. The van der Waals surface area contributed by atoms with Crippen LogP contribution in [0, 0.1) is 0 Å². The average Bonchev–Trinajstić information content (AvgIpc) is 3.07. The van der Waals surface area contributed by atoms with Crippen LogP contribution in [-0.2, 0) is 4.79 Å². The standard InChI is InChI=1S/C14H9N3O2S/c18-13-12-7-15-10-3-1-2-4-11(10)17(12)14(19)16(13)9-5-6-20-8-9/h1-8,12H. The second-order valence-electron chi connectivity index (χ2n) is 4.52. The largest absolute Gasteiger partial charge is 0.337 e. The van der Waals surface area contributed by atoms with Gasteiger partial charge in [-0.05, 0) is 23.6 Å². The van der Waals surface area contributed by atoms with E-state index in [1.807, 2.05) is 23.6 Å². The second kappa shape index (κ2) is 4.01. The second-order valence-corrected chi connectivity index (χ2v) is 5.30. The first-order valence-corrected chi connectivity index (χ1v) is 7.04. The molecule has 3 heterocycles. The summed E-state index contributed by atoms with van der Waals surface area (Å²) in [5.74, 6) is -0.258. The van der Waals surface area contributed by atoms with Crippen molar-refractivity contribution in [3.8, 4) is 0 Å². The number of benzene rings is 1. The van der Waals surface area contributed by atoms with Crippen molar-refractivity contribution in [2.45, 2.75) is 6.04 Å². The molecular formula is C14H9N3O2S. The highest BCUT2D eigenvalue weighted by molar-refractivity contribution is 7.08. The van der Waals surface area contributed by atoms with Gasteiger partial charge in [0.1, 0.15) is 0 Å². The number of thiophene rings is 1. The summed E-state index contributed by atoms with van der Waals surface area (Å²) >= 11 is 1.45. The summed E-state index contributed by atoms with van der Waals surface area (Å²) < 4.78 is 0. The fraction of sp³-hybridized carbons (Fsp3) is 0.0714. The number of anilines is 2. The molecule has 1 aromatic heterocycles. The highest BCUT2D eigenvalue weighted by atomic mass is 32.1. The van der Waals surface area contributed by atoms with E-state index in [9.17, 15) is 9.59 Å². The topological polar surface area (TPSA) is 53.0 Å². The Balaban J connectivity index is 1.85. The normalized spacial score (nSPS) is 20.3. The summed E-state index contributed by atoms with van der Waals surface area (Å²) in [6, 6.07) is 8.13. The molecule has 1 atom stereocenters. The molecule has 2 aliphatic heterocycles. The molecule has 0 radical (unpaired) electrons. The predicted molar refractivity (Wildman–Crippen MR) is 78.1 cm³/mol. The van der Waals surface area contributed by atoms with Gasteiger partial charge in [-0.2, -0.15) is 11.3 Å². The minimum atomic E-state index is -0.641. The van der Waals surface area contributed by atoms with Crippen molar-refractivity contribution in [2.75, 3.05) is 9.80 Å². The van der Waals surface area contributed by atoms with Crippen LogP contribution < -0.4 is 9.80 Å². The first-order valence-electron chi connectivity index (χ1n) is 6.10. The Kier molecular flexibility index (Phi) is 2.28. The van der Waals surface area contributed by atoms with Gasteiger partial charge in [0.25, 0.3) is 5.91 Å². The van der Waals surface area contributed by atoms with Crippen LogP contribution in [0.5, 0.6) is 0 Å². The lowest BCUT2D eigenvalue weighted by molar-refractivity contribution is -0.116. The quantitative estimate of drug-likeness (QED) is 0.756. The van der Waals surface area contributed by atoms with Crippen LogP contribution in [0.2, 0.25) is 0 Å². The minimum Gasteiger partial charge on any atom is -0.274 e. The van der Waals surface area contributed by atoms with Crippen LogP contribution in [0.1, 0.15) is 0 Å². The number of hydrogen-bond acceptors (Lipinski definition) is 4. The molecule has 20 heavy (non-hydrogen) atoms. The summed E-state index contributed by atoms with van der Waals surface area (Å²) in [6.45, 7) is 0. The number of hydrogen-bond donors (Lipinski definition) is 0. The molecular weight excluding hydrogens is 274 g/mol. The van der Waals surface area contributed by atoms with Gasteiger partial charge in [0.15, 0.2) is 6.04 Å². The van der Waals surface area contributed by atoms with Crippen molar-refractivity contribution >= 4 is 46.6 Å². The number of nitrogens with zero attached hydrogens (tertiary/aromatic N) is 3. The van der Waals surface area contributed by atoms with Crippen LogP contribution in [0.3, 0.4) is 0 Å². The lowest BCUT2D eigenvalue weighted by atomic mass is 10.1. The Morgan fingerprint density at radius 3 is 2.80 bits per heavy atom. The molecule has 3 amide bonds. The van der Waals surface area contributed by atoms with Crippen molar-refractivity contribution in [3.05, 3.63) is 41.1 Å². The van der Waals surface area contributed by atoms with Crippen LogP contribution in [0.15, 0.2) is 46.1 Å². The van der Waals surface area contributed by atoms with Crippen LogP contribution in [-0.4, -0.2) is 24.2 Å². The molecule has 0 spiro atoms. The molecule has 6 heteroatoms. The molecule has 0 saturated carbocycles. The van der Waals surface area contributed by atoms with E-state index >= 15 is 0 Å². The third kappa shape index (κ3) is 1.39. The number of amides is 3. The van der Waals surface area contributed by atoms with E-state index in [0.717, 1.165) is 0 Å². The molecule has 1 saturated heterocycles. The Morgan fingerprint density at radius 2 is 2.00 bits per heavy atom. The van der Waals surface area contributed by atoms with E-state index in [-0.39, 0.29) is 11.9 Å². The lowest BCUT2D eigenvalue weighted by Gasteiger charge is -2.24. The van der Waals surface area contributed by atoms with E-state index in [4.69, 9.17) is 0 Å². The average molecular weight is 283 g/mol. The zero-order valence-corrected chi connectivity index (χ0v) is 11.1. The maximum absolute atomic E-state index is 12.6. The first-order chi connectivity index (χ1) is 9.77. The number of para-hydroxylation sites is 2. The Bertz CT molecular complexity index is 739. The predicted octanol–water partition coefficient (Wildman–Crippen LogP) is 2.81. The van der Waals surface area contributed by atoms with Crippen molar-refractivity contribution in [3.63, 3.8) is 0 Å². The molecule has 0 aliphatic carbocycles. The van der Waals surface area contributed by atoms with Gasteiger partial charge in [-0.25, -0.2) is 9.69 Å². The van der Waals surface area contributed by atoms with Crippen LogP contribution in [0.4, 0.5) is 21.9 Å². The van der Waals surface area contributed by atoms with E-state index in [0.29, 0.717) is 17.1 Å². The molecule has 1 fully saturated rings. The van der Waals surface area contributed by atoms with Crippen LogP contribution >= 0.6 is 11.3 Å². The van der Waals surface area contributed by atoms with E-state index < -0.39 is 6.04 Å². The summed E-state index contributed by atoms with van der Waals surface area (Å²) in [5, 5.41) is 3.63. The van der Waals surface area contributed by atoms with Gasteiger partial charge in [0, 0.05) is 11.6 Å². The lowest BCUT2D eigenvalue weighted by Crippen LogP contribution is -2.38. The van der Waals surface area contributed by atoms with Crippen molar-refractivity contribution in [1.29, 1.82) is 0 Å².